The molecule has 1 unspecified atom stereocenters. The van der Waals surface area contributed by atoms with Crippen LogP contribution in [0.15, 0.2) is 22.7 Å². The van der Waals surface area contributed by atoms with Crippen molar-refractivity contribution in [2.75, 3.05) is 26.7 Å². The molecule has 5 nitrogen and oxygen atoms in total. The molecule has 0 aliphatic carbocycles. The highest BCUT2D eigenvalue weighted by Gasteiger charge is 2.26. The molecule has 21 heavy (non-hydrogen) atoms. The summed E-state index contributed by atoms with van der Waals surface area (Å²) in [5.74, 6) is 0.264. The van der Waals surface area contributed by atoms with Crippen molar-refractivity contribution in [1.82, 2.24) is 20.4 Å². The maximum Gasteiger partial charge on any atom is 0.260 e. The van der Waals surface area contributed by atoms with Crippen LogP contribution in [-0.4, -0.2) is 41.7 Å². The summed E-state index contributed by atoms with van der Waals surface area (Å²) in [6, 6.07) is 4.40. The average Bonchev–Trinajstić information content (AvgIpc) is 2.88. The first kappa shape index (κ1) is 16.2. The summed E-state index contributed by atoms with van der Waals surface area (Å²) in [5.41, 5.74) is 0.263. The van der Waals surface area contributed by atoms with Crippen molar-refractivity contribution in [1.29, 1.82) is 0 Å². The van der Waals surface area contributed by atoms with E-state index in [1.807, 2.05) is 7.05 Å². The largest absolute Gasteiger partial charge is 0.334 e. The standard InChI is InChI=1S/C13H14ClFN4O.ClH/c1-19-5-4-16-7-11(19)12-17-13(20-18-12)9-3-2-8(14)6-10(9)15;/h2-3,6,11,16H,4-5,7H2,1H3;1H. The van der Waals surface area contributed by atoms with E-state index in [9.17, 15) is 4.39 Å². The second kappa shape index (κ2) is 6.70. The number of benzene rings is 1. The van der Waals surface area contributed by atoms with Crippen molar-refractivity contribution in [3.05, 3.63) is 34.9 Å². The topological polar surface area (TPSA) is 54.2 Å². The molecule has 1 aliphatic rings. The quantitative estimate of drug-likeness (QED) is 0.915. The van der Waals surface area contributed by atoms with Gasteiger partial charge in [0.05, 0.1) is 11.6 Å². The summed E-state index contributed by atoms with van der Waals surface area (Å²) in [6.45, 7) is 2.59. The Morgan fingerprint density at radius 2 is 2.29 bits per heavy atom. The molecule has 8 heteroatoms. The number of hydrogen-bond donors (Lipinski definition) is 1. The van der Waals surface area contributed by atoms with Crippen molar-refractivity contribution in [2.24, 2.45) is 0 Å². The van der Waals surface area contributed by atoms with Gasteiger partial charge in [-0.05, 0) is 25.2 Å². The zero-order valence-electron chi connectivity index (χ0n) is 11.3. The first-order valence-electron chi connectivity index (χ1n) is 6.35. The lowest BCUT2D eigenvalue weighted by molar-refractivity contribution is 0.190. The van der Waals surface area contributed by atoms with Crippen LogP contribution in [0.4, 0.5) is 4.39 Å². The molecule has 1 N–H and O–H groups in total. The summed E-state index contributed by atoms with van der Waals surface area (Å²) < 4.78 is 19.0. The molecule has 2 aromatic rings. The SMILES string of the molecule is CN1CCNCC1c1noc(-c2ccc(Cl)cc2F)n1.Cl. The summed E-state index contributed by atoms with van der Waals surface area (Å²) >= 11 is 5.73. The Morgan fingerprint density at radius 3 is 3.00 bits per heavy atom. The Kier molecular flexibility index (Phi) is 5.16. The molecule has 1 saturated heterocycles. The normalized spacial score (nSPS) is 19.3. The van der Waals surface area contributed by atoms with Crippen molar-refractivity contribution >= 4 is 24.0 Å². The van der Waals surface area contributed by atoms with Gasteiger partial charge in [-0.25, -0.2) is 4.39 Å². The molecule has 0 spiro atoms. The summed E-state index contributed by atoms with van der Waals surface area (Å²) in [4.78, 5) is 6.44. The van der Waals surface area contributed by atoms with Crippen LogP contribution in [0, 0.1) is 5.82 Å². The zero-order valence-corrected chi connectivity index (χ0v) is 12.9. The molecule has 3 rings (SSSR count). The number of aromatic nitrogens is 2. The van der Waals surface area contributed by atoms with Crippen molar-refractivity contribution in [2.45, 2.75) is 6.04 Å². The monoisotopic (exact) mass is 332 g/mol. The number of nitrogens with one attached hydrogen (secondary N) is 1. The fourth-order valence-electron chi connectivity index (χ4n) is 2.24. The first-order valence-corrected chi connectivity index (χ1v) is 6.73. The van der Waals surface area contributed by atoms with Crippen LogP contribution in [0.2, 0.25) is 5.02 Å². The van der Waals surface area contributed by atoms with Crippen molar-refractivity contribution in [3.63, 3.8) is 0 Å². The van der Waals surface area contributed by atoms with Crippen LogP contribution in [0.25, 0.3) is 11.5 Å². The highest BCUT2D eigenvalue weighted by molar-refractivity contribution is 6.30. The fraction of sp³-hybridized carbons (Fsp3) is 0.385. The lowest BCUT2D eigenvalue weighted by Crippen LogP contribution is -2.44. The zero-order chi connectivity index (χ0) is 14.1. The van der Waals surface area contributed by atoms with Crippen LogP contribution < -0.4 is 5.32 Å². The molecule has 1 fully saturated rings. The Bertz CT molecular complexity index is 622. The van der Waals surface area contributed by atoms with E-state index in [2.05, 4.69) is 20.4 Å². The number of rotatable bonds is 2. The van der Waals surface area contributed by atoms with Gasteiger partial charge in [0, 0.05) is 24.7 Å². The molecule has 1 aromatic heterocycles. The van der Waals surface area contributed by atoms with Crippen LogP contribution in [0.3, 0.4) is 0 Å². The van der Waals surface area contributed by atoms with Gasteiger partial charge in [0.2, 0.25) is 0 Å². The van der Waals surface area contributed by atoms with E-state index in [-0.39, 0.29) is 29.9 Å². The average molecular weight is 333 g/mol. The van der Waals surface area contributed by atoms with E-state index in [1.54, 1.807) is 6.07 Å². The van der Waals surface area contributed by atoms with Gasteiger partial charge in [-0.3, -0.25) is 4.90 Å². The number of likely N-dealkylation sites (N-methyl/N-ethyl adjacent to an activating group) is 1. The molecule has 114 valence electrons. The van der Waals surface area contributed by atoms with Gasteiger partial charge in [0.25, 0.3) is 5.89 Å². The number of piperazine rings is 1. The van der Waals surface area contributed by atoms with Crippen LogP contribution in [-0.2, 0) is 0 Å². The van der Waals surface area contributed by atoms with E-state index in [1.165, 1.54) is 12.1 Å². The lowest BCUT2D eigenvalue weighted by Gasteiger charge is -2.30. The van der Waals surface area contributed by atoms with E-state index in [0.717, 1.165) is 19.6 Å². The van der Waals surface area contributed by atoms with Gasteiger partial charge in [0.1, 0.15) is 5.82 Å². The van der Waals surface area contributed by atoms with Gasteiger partial charge in [-0.15, -0.1) is 12.4 Å². The Labute approximate surface area is 132 Å². The first-order chi connectivity index (χ1) is 9.65. The molecule has 0 amide bonds. The van der Waals surface area contributed by atoms with Gasteiger partial charge < -0.3 is 9.84 Å². The second-order valence-electron chi connectivity index (χ2n) is 4.78. The third-order valence-corrected chi connectivity index (χ3v) is 3.65. The van der Waals surface area contributed by atoms with E-state index in [4.69, 9.17) is 16.1 Å². The van der Waals surface area contributed by atoms with E-state index >= 15 is 0 Å². The summed E-state index contributed by atoms with van der Waals surface area (Å²) in [7, 11) is 2.00. The molecular weight excluding hydrogens is 318 g/mol. The lowest BCUT2D eigenvalue weighted by atomic mass is 10.2. The van der Waals surface area contributed by atoms with Gasteiger partial charge >= 0.3 is 0 Å². The van der Waals surface area contributed by atoms with Crippen LogP contribution in [0.1, 0.15) is 11.9 Å². The Hall–Kier alpha value is -1.21. The van der Waals surface area contributed by atoms with Crippen LogP contribution >= 0.6 is 24.0 Å². The molecule has 1 atom stereocenters. The third kappa shape index (κ3) is 3.35. The highest BCUT2D eigenvalue weighted by Crippen LogP contribution is 2.26. The minimum atomic E-state index is -0.470. The van der Waals surface area contributed by atoms with Gasteiger partial charge in [0.15, 0.2) is 5.82 Å². The molecule has 0 radical (unpaired) electrons. The third-order valence-electron chi connectivity index (χ3n) is 3.41. The molecule has 0 saturated carbocycles. The van der Waals surface area contributed by atoms with Crippen molar-refractivity contribution < 1.29 is 8.91 Å². The summed E-state index contributed by atoms with van der Waals surface area (Å²) in [6.07, 6.45) is 0. The summed E-state index contributed by atoms with van der Waals surface area (Å²) in [5, 5.41) is 7.57. The predicted molar refractivity (Wildman–Crippen MR) is 80.2 cm³/mol. The number of halogens is 3. The molecule has 0 bridgehead atoms. The molecular formula is C13H15Cl2FN4O. The number of hydrogen-bond acceptors (Lipinski definition) is 5. The predicted octanol–water partition coefficient (Wildman–Crippen LogP) is 2.53. The van der Waals surface area contributed by atoms with Crippen LogP contribution in [0.5, 0.6) is 0 Å². The molecule has 2 heterocycles. The molecule has 1 aliphatic heterocycles. The van der Waals surface area contributed by atoms with Gasteiger partial charge in [-0.1, -0.05) is 16.8 Å². The Balaban J connectivity index is 0.00000161. The van der Waals surface area contributed by atoms with E-state index < -0.39 is 5.82 Å². The minimum absolute atomic E-state index is 0. The fourth-order valence-corrected chi connectivity index (χ4v) is 2.40. The molecule has 1 aromatic carbocycles. The smallest absolute Gasteiger partial charge is 0.260 e. The second-order valence-corrected chi connectivity index (χ2v) is 5.22. The maximum atomic E-state index is 13.8. The van der Waals surface area contributed by atoms with Crippen molar-refractivity contribution in [3.8, 4) is 11.5 Å². The number of nitrogens with zero attached hydrogens (tertiary/aromatic N) is 3. The minimum Gasteiger partial charge on any atom is -0.334 e. The maximum absolute atomic E-state index is 13.8. The Morgan fingerprint density at radius 1 is 1.48 bits per heavy atom. The van der Waals surface area contributed by atoms with E-state index in [0.29, 0.717) is 10.8 Å². The van der Waals surface area contributed by atoms with Gasteiger partial charge in [-0.2, -0.15) is 4.98 Å². The highest BCUT2D eigenvalue weighted by atomic mass is 35.5.